The second-order valence-corrected chi connectivity index (χ2v) is 6.53. The Hall–Kier alpha value is -3.91. The van der Waals surface area contributed by atoms with Crippen molar-refractivity contribution in [2.45, 2.75) is 13.0 Å². The van der Waals surface area contributed by atoms with Gasteiger partial charge in [0, 0.05) is 42.8 Å². The summed E-state index contributed by atoms with van der Waals surface area (Å²) in [5.41, 5.74) is 4.62. The van der Waals surface area contributed by atoms with Gasteiger partial charge in [0.15, 0.2) is 0 Å². The van der Waals surface area contributed by atoms with E-state index in [2.05, 4.69) is 15.6 Å². The van der Waals surface area contributed by atoms with E-state index < -0.39 is 0 Å². The molecular weight excluding hydrogens is 348 g/mol. The largest absolute Gasteiger partial charge is 0.330 e. The number of hydrogen-bond donors (Lipinski definition) is 0. The van der Waals surface area contributed by atoms with Gasteiger partial charge in [-0.2, -0.15) is 5.26 Å². The van der Waals surface area contributed by atoms with E-state index in [9.17, 15) is 10.1 Å². The van der Waals surface area contributed by atoms with Crippen LogP contribution in [0, 0.1) is 11.3 Å². The molecule has 4 aromatic rings. The SMILES string of the molecule is N#Cc1ccccc1Cc1cncn1Cc1ccc(-n2ccccc2=O)cc1. The van der Waals surface area contributed by atoms with Gasteiger partial charge in [0.05, 0.1) is 18.0 Å². The predicted octanol–water partition coefficient (Wildman–Crippen LogP) is 3.54. The van der Waals surface area contributed by atoms with Gasteiger partial charge in [0.25, 0.3) is 5.56 Å². The minimum atomic E-state index is -0.0525. The molecule has 5 heteroatoms. The smallest absolute Gasteiger partial charge is 0.255 e. The van der Waals surface area contributed by atoms with Crippen LogP contribution in [-0.2, 0) is 13.0 Å². The normalized spacial score (nSPS) is 10.5. The van der Waals surface area contributed by atoms with E-state index in [1.807, 2.05) is 60.8 Å². The van der Waals surface area contributed by atoms with Crippen molar-refractivity contribution in [3.63, 3.8) is 0 Å². The minimum Gasteiger partial charge on any atom is -0.330 e. The Morgan fingerprint density at radius 1 is 0.964 bits per heavy atom. The molecule has 0 aliphatic heterocycles. The lowest BCUT2D eigenvalue weighted by atomic mass is 10.0. The van der Waals surface area contributed by atoms with Gasteiger partial charge in [0.1, 0.15) is 0 Å². The van der Waals surface area contributed by atoms with Crippen molar-refractivity contribution in [2.75, 3.05) is 0 Å². The Kier molecular flexibility index (Phi) is 4.85. The van der Waals surface area contributed by atoms with Crippen molar-refractivity contribution >= 4 is 0 Å². The lowest BCUT2D eigenvalue weighted by Gasteiger charge is -2.11. The molecular formula is C23H18N4O. The van der Waals surface area contributed by atoms with Gasteiger partial charge in [-0.15, -0.1) is 0 Å². The summed E-state index contributed by atoms with van der Waals surface area (Å²) in [4.78, 5) is 16.2. The zero-order chi connectivity index (χ0) is 19.3. The fourth-order valence-electron chi connectivity index (χ4n) is 3.22. The molecule has 136 valence electrons. The fourth-order valence-corrected chi connectivity index (χ4v) is 3.22. The molecule has 0 fully saturated rings. The van der Waals surface area contributed by atoms with Crippen LogP contribution in [0.5, 0.6) is 0 Å². The topological polar surface area (TPSA) is 63.6 Å². The van der Waals surface area contributed by atoms with Crippen molar-refractivity contribution in [3.05, 3.63) is 118 Å². The van der Waals surface area contributed by atoms with E-state index in [1.165, 1.54) is 0 Å². The first-order valence-electron chi connectivity index (χ1n) is 8.98. The van der Waals surface area contributed by atoms with E-state index in [4.69, 9.17) is 0 Å². The number of rotatable bonds is 5. The number of nitriles is 1. The highest BCUT2D eigenvalue weighted by Gasteiger charge is 2.08. The average molecular weight is 366 g/mol. The van der Waals surface area contributed by atoms with Crippen LogP contribution in [0.3, 0.4) is 0 Å². The van der Waals surface area contributed by atoms with Gasteiger partial charge in [0.2, 0.25) is 0 Å². The van der Waals surface area contributed by atoms with Crippen molar-refractivity contribution in [2.24, 2.45) is 0 Å². The zero-order valence-electron chi connectivity index (χ0n) is 15.2. The van der Waals surface area contributed by atoms with Gasteiger partial charge in [-0.3, -0.25) is 9.36 Å². The molecule has 2 heterocycles. The first-order chi connectivity index (χ1) is 13.7. The predicted molar refractivity (Wildman–Crippen MR) is 107 cm³/mol. The lowest BCUT2D eigenvalue weighted by Crippen LogP contribution is -2.15. The van der Waals surface area contributed by atoms with Crippen molar-refractivity contribution in [1.29, 1.82) is 5.26 Å². The summed E-state index contributed by atoms with van der Waals surface area (Å²) in [5, 5.41) is 9.29. The molecule has 28 heavy (non-hydrogen) atoms. The van der Waals surface area contributed by atoms with Crippen LogP contribution < -0.4 is 5.56 Å². The second kappa shape index (κ2) is 7.77. The third-order valence-electron chi connectivity index (χ3n) is 4.70. The van der Waals surface area contributed by atoms with Gasteiger partial charge >= 0.3 is 0 Å². The zero-order valence-corrected chi connectivity index (χ0v) is 15.2. The minimum absolute atomic E-state index is 0.0525. The Balaban J connectivity index is 1.55. The molecule has 0 bridgehead atoms. The maximum absolute atomic E-state index is 12.0. The standard InChI is InChI=1S/C23H18N4O/c24-14-20-6-2-1-5-19(20)13-22-15-25-17-26(22)16-18-8-10-21(11-9-18)27-12-4-3-7-23(27)28/h1-12,15,17H,13,16H2. The monoisotopic (exact) mass is 366 g/mol. The summed E-state index contributed by atoms with van der Waals surface area (Å²) < 4.78 is 3.70. The maximum Gasteiger partial charge on any atom is 0.255 e. The summed E-state index contributed by atoms with van der Waals surface area (Å²) in [6.45, 7) is 0.675. The number of pyridine rings is 1. The average Bonchev–Trinajstić information content (AvgIpc) is 3.16. The van der Waals surface area contributed by atoms with Gasteiger partial charge < -0.3 is 4.57 Å². The summed E-state index contributed by atoms with van der Waals surface area (Å²) in [5.74, 6) is 0. The van der Waals surface area contributed by atoms with Crippen molar-refractivity contribution in [3.8, 4) is 11.8 Å². The first kappa shape index (κ1) is 17.5. The molecule has 0 atom stereocenters. The number of aromatic nitrogens is 3. The Morgan fingerprint density at radius 3 is 2.54 bits per heavy atom. The second-order valence-electron chi connectivity index (χ2n) is 6.53. The fraction of sp³-hybridized carbons (Fsp3) is 0.0870. The van der Waals surface area contributed by atoms with E-state index in [0.29, 0.717) is 18.5 Å². The van der Waals surface area contributed by atoms with Crippen LogP contribution >= 0.6 is 0 Å². The van der Waals surface area contributed by atoms with E-state index in [0.717, 1.165) is 22.5 Å². The van der Waals surface area contributed by atoms with Crippen LogP contribution in [0.15, 0.2) is 90.2 Å². The molecule has 0 amide bonds. The van der Waals surface area contributed by atoms with E-state index >= 15 is 0 Å². The third kappa shape index (κ3) is 3.62. The molecule has 0 spiro atoms. The molecule has 2 aromatic heterocycles. The van der Waals surface area contributed by atoms with Crippen molar-refractivity contribution < 1.29 is 0 Å². The summed E-state index contributed by atoms with van der Waals surface area (Å²) in [7, 11) is 0. The number of benzene rings is 2. The number of hydrogen-bond acceptors (Lipinski definition) is 3. The molecule has 0 saturated heterocycles. The van der Waals surface area contributed by atoms with Crippen LogP contribution in [0.4, 0.5) is 0 Å². The molecule has 5 nitrogen and oxygen atoms in total. The molecule has 0 saturated carbocycles. The highest BCUT2D eigenvalue weighted by Crippen LogP contribution is 2.16. The van der Waals surface area contributed by atoms with Crippen LogP contribution in [0.25, 0.3) is 5.69 Å². The van der Waals surface area contributed by atoms with Crippen LogP contribution in [0.2, 0.25) is 0 Å². The van der Waals surface area contributed by atoms with E-state index in [-0.39, 0.29) is 5.56 Å². The Labute approximate surface area is 162 Å². The summed E-state index contributed by atoms with van der Waals surface area (Å²) >= 11 is 0. The van der Waals surface area contributed by atoms with Gasteiger partial charge in [-0.25, -0.2) is 4.98 Å². The van der Waals surface area contributed by atoms with Crippen LogP contribution in [0.1, 0.15) is 22.4 Å². The molecule has 2 aromatic carbocycles. The van der Waals surface area contributed by atoms with Gasteiger partial charge in [-0.05, 0) is 35.4 Å². The Morgan fingerprint density at radius 2 is 1.75 bits per heavy atom. The maximum atomic E-state index is 12.0. The number of imidazole rings is 1. The molecule has 0 aliphatic rings. The van der Waals surface area contributed by atoms with Crippen molar-refractivity contribution in [1.82, 2.24) is 14.1 Å². The van der Waals surface area contributed by atoms with Crippen LogP contribution in [-0.4, -0.2) is 14.1 Å². The van der Waals surface area contributed by atoms with E-state index in [1.54, 1.807) is 29.2 Å². The molecule has 0 aliphatic carbocycles. The Bertz CT molecular complexity index is 1200. The molecule has 0 radical (unpaired) electrons. The first-order valence-corrected chi connectivity index (χ1v) is 8.98. The lowest BCUT2D eigenvalue weighted by molar-refractivity contribution is 0.753. The quantitative estimate of drug-likeness (QED) is 0.543. The third-order valence-corrected chi connectivity index (χ3v) is 4.70. The summed E-state index contributed by atoms with van der Waals surface area (Å²) in [6.07, 6.45) is 6.06. The number of nitrogens with zero attached hydrogens (tertiary/aromatic N) is 4. The highest BCUT2D eigenvalue weighted by molar-refractivity contribution is 5.39. The molecule has 0 unspecified atom stereocenters. The van der Waals surface area contributed by atoms with Gasteiger partial charge in [-0.1, -0.05) is 36.4 Å². The molecule has 0 N–H and O–H groups in total. The highest BCUT2D eigenvalue weighted by atomic mass is 16.1. The summed E-state index contributed by atoms with van der Waals surface area (Å²) in [6, 6.07) is 22.9. The molecule has 4 rings (SSSR count).